The van der Waals surface area contributed by atoms with Gasteiger partial charge in [0.25, 0.3) is 0 Å². The molecule has 2 amide bonds. The van der Waals surface area contributed by atoms with Crippen LogP contribution in [-0.4, -0.2) is 83.9 Å². The summed E-state index contributed by atoms with van der Waals surface area (Å²) in [5.41, 5.74) is 10.3. The highest BCUT2D eigenvalue weighted by Crippen LogP contribution is 2.48. The number of aromatic nitrogens is 2. The van der Waals surface area contributed by atoms with Crippen LogP contribution in [0.25, 0.3) is 0 Å². The summed E-state index contributed by atoms with van der Waals surface area (Å²) in [6.07, 6.45) is 20.2. The Morgan fingerprint density at radius 2 is 0.868 bits per heavy atom. The molecule has 2 saturated carbocycles. The van der Waals surface area contributed by atoms with E-state index in [0.717, 1.165) is 157 Å². The number of fused-ring (bicyclic) bond motifs is 4. The lowest BCUT2D eigenvalue weighted by Crippen LogP contribution is -2.44. The van der Waals surface area contributed by atoms with E-state index < -0.39 is 0 Å². The van der Waals surface area contributed by atoms with Gasteiger partial charge in [0.1, 0.15) is 0 Å². The van der Waals surface area contributed by atoms with Crippen LogP contribution in [0.3, 0.4) is 0 Å². The van der Waals surface area contributed by atoms with E-state index in [4.69, 9.17) is 33.2 Å². The molecule has 6 aliphatic rings. The fraction of sp³-hybridized carbons (Fsp3) is 0.556. The first-order chi connectivity index (χ1) is 32.9. The summed E-state index contributed by atoms with van der Waals surface area (Å²) >= 11 is 27.8. The summed E-state index contributed by atoms with van der Waals surface area (Å²) in [6, 6.07) is 13.9. The molecule has 4 aromatic rings. The van der Waals surface area contributed by atoms with Crippen molar-refractivity contribution < 1.29 is 9.59 Å². The number of halogens is 6. The number of carbonyl (C=O) groups is 2. The molecule has 0 bridgehead atoms. The molecule has 2 saturated heterocycles. The monoisotopic (exact) mass is 1210 g/mol. The van der Waals surface area contributed by atoms with Crippen LogP contribution >= 0.6 is 86.9 Å². The van der Waals surface area contributed by atoms with E-state index >= 15 is 0 Å². The second kappa shape index (κ2) is 22.9. The molecule has 2 atom stereocenters. The highest BCUT2D eigenvalue weighted by atomic mass is 79.9. The minimum atomic E-state index is 0.204. The molecule has 0 spiro atoms. The van der Waals surface area contributed by atoms with Crippen LogP contribution in [0.15, 0.2) is 66.7 Å². The van der Waals surface area contributed by atoms with E-state index in [1.165, 1.54) is 44.8 Å². The van der Waals surface area contributed by atoms with E-state index in [9.17, 15) is 9.59 Å². The number of hydrogen-bond acceptors (Lipinski definition) is 6. The number of amides is 2. The highest BCUT2D eigenvalue weighted by molar-refractivity contribution is 9.11. The number of nitrogens with zero attached hydrogens (tertiary/aromatic N) is 4. The average molecular weight is 1220 g/mol. The first-order valence-electron chi connectivity index (χ1n) is 25.0. The maximum atomic E-state index is 13.3. The molecule has 14 heteroatoms. The normalized spacial score (nSPS) is 25.4. The topological polar surface area (TPSA) is 90.5 Å². The van der Waals surface area contributed by atoms with Crippen molar-refractivity contribution in [3.05, 3.63) is 121 Å². The molecule has 68 heavy (non-hydrogen) atoms. The van der Waals surface area contributed by atoms with Gasteiger partial charge < -0.3 is 20.4 Å². The highest BCUT2D eigenvalue weighted by Gasteiger charge is 2.40. The molecular formula is C54H64Br4Cl2N6O2. The number of rotatable bonds is 6. The third-order valence-corrected chi connectivity index (χ3v) is 19.1. The lowest BCUT2D eigenvalue weighted by Gasteiger charge is -2.39. The minimum Gasteiger partial charge on any atom is -0.342 e. The average Bonchev–Trinajstić information content (AvgIpc) is 3.61. The van der Waals surface area contributed by atoms with Crippen LogP contribution in [0, 0.1) is 23.7 Å². The van der Waals surface area contributed by atoms with Gasteiger partial charge in [-0.2, -0.15) is 0 Å². The largest absolute Gasteiger partial charge is 0.342 e. The quantitative estimate of drug-likeness (QED) is 0.200. The first-order valence-corrected chi connectivity index (χ1v) is 29.0. The van der Waals surface area contributed by atoms with E-state index in [1.54, 1.807) is 0 Å². The molecule has 2 N–H and O–H groups in total. The Bertz CT molecular complexity index is 2290. The number of nitrogens with one attached hydrogen (secondary N) is 2. The summed E-state index contributed by atoms with van der Waals surface area (Å²) in [6.45, 7) is 3.38. The van der Waals surface area contributed by atoms with Crippen molar-refractivity contribution in [2.24, 2.45) is 23.7 Å². The van der Waals surface area contributed by atoms with Gasteiger partial charge in [-0.3, -0.25) is 19.6 Å². The van der Waals surface area contributed by atoms with Crippen molar-refractivity contribution in [3.63, 3.8) is 0 Å². The molecule has 4 heterocycles. The van der Waals surface area contributed by atoms with Crippen LogP contribution in [0.1, 0.15) is 134 Å². The fourth-order valence-electron chi connectivity index (χ4n) is 12.7. The number of pyridine rings is 2. The number of aryl methyl sites for hydroxylation is 4. The van der Waals surface area contributed by atoms with E-state index in [1.807, 2.05) is 38.6 Å². The van der Waals surface area contributed by atoms with E-state index in [0.29, 0.717) is 35.7 Å². The van der Waals surface area contributed by atoms with Crippen molar-refractivity contribution >= 4 is 98.7 Å². The number of benzene rings is 2. The molecule has 4 fully saturated rings. The molecule has 0 radical (unpaired) electrons. The lowest BCUT2D eigenvalue weighted by molar-refractivity contribution is -0.139. The number of piperidine rings is 2. The summed E-state index contributed by atoms with van der Waals surface area (Å²) in [5, 5.41) is 8.30. The Morgan fingerprint density at radius 3 is 1.22 bits per heavy atom. The smallest absolute Gasteiger partial charge is 0.225 e. The van der Waals surface area contributed by atoms with Crippen molar-refractivity contribution in [3.8, 4) is 0 Å². The molecule has 4 aliphatic carbocycles. The SMILES string of the molecule is CNC1CCC(C(=O)N2CCC([C@H]3c4ncc(Br)cc4CCc4cc(Cl)cc(Br)c43)CC2)CC1.CNC1CCC(C(=O)N2CCC([C@H]3c4ncc(Br)cc4CCc4cc(Cl)cc(Br)c43)CC2)CC1. The zero-order valence-corrected chi connectivity index (χ0v) is 47.1. The van der Waals surface area contributed by atoms with E-state index in [-0.39, 0.29) is 23.7 Å². The van der Waals surface area contributed by atoms with Crippen LogP contribution < -0.4 is 10.6 Å². The maximum absolute atomic E-state index is 13.3. The van der Waals surface area contributed by atoms with Gasteiger partial charge in [0.05, 0.1) is 11.4 Å². The first kappa shape index (κ1) is 51.0. The van der Waals surface area contributed by atoms with Gasteiger partial charge in [0.15, 0.2) is 0 Å². The zero-order valence-electron chi connectivity index (χ0n) is 39.3. The van der Waals surface area contributed by atoms with Crippen LogP contribution in [0.2, 0.25) is 10.0 Å². The molecule has 0 unspecified atom stereocenters. The summed E-state index contributed by atoms with van der Waals surface area (Å²) < 4.78 is 4.22. The second-order valence-corrected chi connectivity index (χ2v) is 24.7. The van der Waals surface area contributed by atoms with Gasteiger partial charge in [-0.15, -0.1) is 0 Å². The Morgan fingerprint density at radius 1 is 0.515 bits per heavy atom. The molecular weight excluding hydrogens is 1160 g/mol. The number of carbonyl (C=O) groups excluding carboxylic acids is 2. The summed E-state index contributed by atoms with van der Waals surface area (Å²) in [5.74, 6) is 2.50. The van der Waals surface area contributed by atoms with Crippen molar-refractivity contribution in [2.45, 2.75) is 127 Å². The molecule has 8 nitrogen and oxygen atoms in total. The van der Waals surface area contributed by atoms with Gasteiger partial charge in [-0.1, -0.05) is 55.1 Å². The van der Waals surface area contributed by atoms with Gasteiger partial charge in [-0.25, -0.2) is 0 Å². The Kier molecular flexibility index (Phi) is 17.2. The summed E-state index contributed by atoms with van der Waals surface area (Å²) in [4.78, 5) is 40.8. The Hall–Kier alpha value is -1.90. The fourth-order valence-corrected chi connectivity index (χ4v) is 15.7. The van der Waals surface area contributed by atoms with Crippen LogP contribution in [-0.2, 0) is 35.3 Å². The predicted octanol–water partition coefficient (Wildman–Crippen LogP) is 13.0. The number of likely N-dealkylation sites (tertiary alicyclic amines) is 2. The molecule has 2 aromatic carbocycles. The van der Waals surface area contributed by atoms with Gasteiger partial charge in [0, 0.05) is 102 Å². The molecule has 364 valence electrons. The lowest BCUT2D eigenvalue weighted by atomic mass is 9.76. The minimum absolute atomic E-state index is 0.204. The van der Waals surface area contributed by atoms with Crippen molar-refractivity contribution in [2.75, 3.05) is 40.3 Å². The summed E-state index contributed by atoms with van der Waals surface area (Å²) in [7, 11) is 4.06. The van der Waals surface area contributed by atoms with Gasteiger partial charge in [-0.05, 0) is 230 Å². The van der Waals surface area contributed by atoms with Gasteiger partial charge >= 0.3 is 0 Å². The second-order valence-electron chi connectivity index (χ2n) is 20.3. The zero-order chi connectivity index (χ0) is 47.6. The van der Waals surface area contributed by atoms with Crippen LogP contribution in [0.4, 0.5) is 0 Å². The molecule has 2 aliphatic heterocycles. The third-order valence-electron chi connectivity index (χ3n) is 16.4. The maximum Gasteiger partial charge on any atom is 0.225 e. The number of hydrogen-bond donors (Lipinski definition) is 2. The van der Waals surface area contributed by atoms with Crippen molar-refractivity contribution in [1.29, 1.82) is 0 Å². The van der Waals surface area contributed by atoms with Gasteiger partial charge in [0.2, 0.25) is 11.8 Å². The van der Waals surface area contributed by atoms with E-state index in [2.05, 4.69) is 108 Å². The standard InChI is InChI=1S/2C27H32Br2ClN3O/c2*1-31-22-6-4-17(5-7-22)27(34)33-10-8-16(9-11-33)25-24-18(13-21(30)14-23(24)29)2-3-19-12-20(28)15-32-26(19)25/h2*12-17,22,25,31H,2-11H2,1H3/t2*17?,22?,25-/m11/s1. The Balaban J connectivity index is 0.000000170. The predicted molar refractivity (Wildman–Crippen MR) is 289 cm³/mol. The molecule has 10 rings (SSSR count). The third kappa shape index (κ3) is 11.3. The van der Waals surface area contributed by atoms with Crippen LogP contribution in [0.5, 0.6) is 0 Å². The van der Waals surface area contributed by atoms with Crippen molar-refractivity contribution in [1.82, 2.24) is 30.4 Å². The Labute approximate surface area is 447 Å². The molecule has 2 aromatic heterocycles.